The van der Waals surface area contributed by atoms with Gasteiger partial charge < -0.3 is 14.5 Å². The summed E-state index contributed by atoms with van der Waals surface area (Å²) in [4.78, 5) is 59.7. The zero-order valence-electron chi connectivity index (χ0n) is 19.7. The van der Waals surface area contributed by atoms with Gasteiger partial charge in [-0.05, 0) is 18.2 Å². The van der Waals surface area contributed by atoms with Crippen molar-refractivity contribution in [1.29, 1.82) is 0 Å². The smallest absolute Gasteiger partial charge is 0.199 e. The summed E-state index contributed by atoms with van der Waals surface area (Å²) >= 11 is 0. The van der Waals surface area contributed by atoms with E-state index in [0.717, 1.165) is 0 Å². The maximum absolute atomic E-state index is 14.2. The predicted octanol–water partition coefficient (Wildman–Crippen LogP) is 4.27. The summed E-state index contributed by atoms with van der Waals surface area (Å²) in [5.41, 5.74) is -0.875. The molecule has 0 unspecified atom stereocenters. The fourth-order valence-corrected chi connectivity index (χ4v) is 5.77. The quantitative estimate of drug-likeness (QED) is 0.289. The highest BCUT2D eigenvalue weighted by atomic mass is 16.5. The van der Waals surface area contributed by atoms with E-state index in [1.807, 2.05) is 24.3 Å². The molecule has 7 rings (SSSR count). The van der Waals surface area contributed by atoms with Gasteiger partial charge in [0.15, 0.2) is 21.7 Å². The fraction of sp³-hybridized carbons (Fsp3) is 0.0667. The van der Waals surface area contributed by atoms with E-state index in [-0.39, 0.29) is 54.6 Å². The summed E-state index contributed by atoms with van der Waals surface area (Å²) in [6.45, 7) is 0. The van der Waals surface area contributed by atoms with Gasteiger partial charge in [0.2, 0.25) is 0 Å². The maximum atomic E-state index is 14.2. The van der Waals surface area contributed by atoms with Crippen LogP contribution in [0.2, 0.25) is 0 Å². The Morgan fingerprint density at radius 2 is 0.973 bits per heavy atom. The number of aromatic nitrogens is 1. The first-order chi connectivity index (χ1) is 18.0. The second kappa shape index (κ2) is 7.24. The molecule has 0 saturated heterocycles. The Hall–Kier alpha value is -5.04. The van der Waals surface area contributed by atoms with Crippen LogP contribution in [0, 0.1) is 0 Å². The van der Waals surface area contributed by atoms with Crippen molar-refractivity contribution in [3.05, 3.63) is 102 Å². The van der Waals surface area contributed by atoms with Crippen LogP contribution in [0.3, 0.4) is 0 Å². The molecule has 0 atom stereocenters. The number of aromatic amines is 1. The van der Waals surface area contributed by atoms with Gasteiger partial charge in [0.05, 0.1) is 35.9 Å². The molecule has 0 aliphatic heterocycles. The zero-order chi connectivity index (χ0) is 25.6. The third-order valence-electron chi connectivity index (χ3n) is 7.30. The molecule has 0 aliphatic rings. The second-order valence-electron chi connectivity index (χ2n) is 9.00. The molecular formula is C30H17NO6. The summed E-state index contributed by atoms with van der Waals surface area (Å²) in [5, 5.41) is 1.67. The lowest BCUT2D eigenvalue weighted by Gasteiger charge is -2.11. The number of fused-ring (bicyclic) bond motifs is 10. The van der Waals surface area contributed by atoms with Gasteiger partial charge in [-0.1, -0.05) is 42.5 Å². The van der Waals surface area contributed by atoms with Crippen LogP contribution in [0.15, 0.2) is 79.8 Å². The van der Waals surface area contributed by atoms with Gasteiger partial charge in [-0.3, -0.25) is 19.2 Å². The van der Waals surface area contributed by atoms with Crippen molar-refractivity contribution < 1.29 is 9.47 Å². The first-order valence-electron chi connectivity index (χ1n) is 11.6. The second-order valence-corrected chi connectivity index (χ2v) is 9.00. The number of nitrogens with one attached hydrogen (secondary N) is 1. The number of hydrogen-bond acceptors (Lipinski definition) is 6. The van der Waals surface area contributed by atoms with Crippen molar-refractivity contribution in [2.75, 3.05) is 14.2 Å². The third-order valence-corrected chi connectivity index (χ3v) is 7.30. The first-order valence-corrected chi connectivity index (χ1v) is 11.6. The van der Waals surface area contributed by atoms with Crippen LogP contribution in [-0.2, 0) is 0 Å². The number of H-pyrrole nitrogens is 1. The lowest BCUT2D eigenvalue weighted by atomic mass is 9.90. The number of rotatable bonds is 2. The molecule has 1 N–H and O–H groups in total. The predicted molar refractivity (Wildman–Crippen MR) is 146 cm³/mol. The molecule has 6 aromatic carbocycles. The molecule has 0 bridgehead atoms. The number of methoxy groups -OCH3 is 2. The highest BCUT2D eigenvalue weighted by Crippen LogP contribution is 2.37. The maximum Gasteiger partial charge on any atom is 0.199 e. The van der Waals surface area contributed by atoms with E-state index in [1.165, 1.54) is 14.2 Å². The standard InChI is InChI=1S/C30H17NO6/c1-36-17-11-5-8-14-19(17)29(34)23-22(27(14)32)21-13-7-3-4-10-16(13)31-26(21)25-24(23)30(35)20-15(28(25)33)9-6-12-18(20)37-2/h3-12,31H,1-2H3. The van der Waals surface area contributed by atoms with Gasteiger partial charge in [-0.25, -0.2) is 0 Å². The Morgan fingerprint density at radius 3 is 1.57 bits per heavy atom. The largest absolute Gasteiger partial charge is 0.496 e. The van der Waals surface area contributed by atoms with Gasteiger partial charge in [-0.15, -0.1) is 0 Å². The topological polar surface area (TPSA) is 103 Å². The van der Waals surface area contributed by atoms with Crippen molar-refractivity contribution in [2.24, 2.45) is 0 Å². The lowest BCUT2D eigenvalue weighted by Crippen LogP contribution is -2.20. The van der Waals surface area contributed by atoms with Crippen molar-refractivity contribution in [3.63, 3.8) is 0 Å². The van der Waals surface area contributed by atoms with E-state index in [0.29, 0.717) is 21.8 Å². The lowest BCUT2D eigenvalue weighted by molar-refractivity contribution is 0.419. The van der Waals surface area contributed by atoms with Crippen LogP contribution in [0.1, 0.15) is 0 Å². The molecule has 37 heavy (non-hydrogen) atoms. The molecule has 1 heterocycles. The van der Waals surface area contributed by atoms with Crippen LogP contribution >= 0.6 is 0 Å². The Labute approximate surface area is 206 Å². The monoisotopic (exact) mass is 487 g/mol. The van der Waals surface area contributed by atoms with E-state index >= 15 is 0 Å². The summed E-state index contributed by atoms with van der Waals surface area (Å²) in [5.74, 6) is 0.446. The number of para-hydroxylation sites is 1. The summed E-state index contributed by atoms with van der Waals surface area (Å²) in [7, 11) is 2.83. The van der Waals surface area contributed by atoms with E-state index in [4.69, 9.17) is 9.47 Å². The minimum atomic E-state index is -0.543. The van der Waals surface area contributed by atoms with Crippen LogP contribution < -0.4 is 31.2 Å². The molecule has 7 nitrogen and oxygen atoms in total. The number of benzene rings is 6. The summed E-state index contributed by atoms with van der Waals surface area (Å²) in [6.07, 6.45) is 0. The van der Waals surface area contributed by atoms with Crippen molar-refractivity contribution in [2.45, 2.75) is 0 Å². The molecule has 0 aliphatic carbocycles. The van der Waals surface area contributed by atoms with E-state index in [2.05, 4.69) is 4.98 Å². The van der Waals surface area contributed by atoms with E-state index in [1.54, 1.807) is 36.4 Å². The Bertz CT molecular complexity index is 2360. The van der Waals surface area contributed by atoms with Gasteiger partial charge in [0.25, 0.3) is 0 Å². The average Bonchev–Trinajstić information content (AvgIpc) is 3.32. The van der Waals surface area contributed by atoms with Crippen molar-refractivity contribution in [1.82, 2.24) is 4.98 Å². The summed E-state index contributed by atoms with van der Waals surface area (Å²) in [6, 6.07) is 16.9. The van der Waals surface area contributed by atoms with Gasteiger partial charge in [-0.2, -0.15) is 0 Å². The van der Waals surface area contributed by atoms with E-state index < -0.39 is 21.7 Å². The average molecular weight is 487 g/mol. The van der Waals surface area contributed by atoms with Gasteiger partial charge in [0, 0.05) is 43.2 Å². The number of hydrogen-bond donors (Lipinski definition) is 1. The molecule has 0 saturated carbocycles. The zero-order valence-corrected chi connectivity index (χ0v) is 19.7. The first kappa shape index (κ1) is 21.3. The van der Waals surface area contributed by atoms with Gasteiger partial charge in [0.1, 0.15) is 11.5 Å². The molecule has 1 aromatic heterocycles. The third kappa shape index (κ3) is 2.50. The molecule has 0 spiro atoms. The molecule has 178 valence electrons. The Kier molecular flexibility index (Phi) is 4.16. The minimum absolute atomic E-state index is 0.0752. The number of ether oxygens (including phenoxy) is 2. The molecule has 0 radical (unpaired) electrons. The van der Waals surface area contributed by atoms with Crippen LogP contribution in [-0.4, -0.2) is 19.2 Å². The molecule has 0 amide bonds. The molecular weight excluding hydrogens is 470 g/mol. The van der Waals surface area contributed by atoms with Crippen LogP contribution in [0.4, 0.5) is 0 Å². The van der Waals surface area contributed by atoms with Crippen LogP contribution in [0.25, 0.3) is 64.9 Å². The van der Waals surface area contributed by atoms with Crippen molar-refractivity contribution >= 4 is 64.9 Å². The molecule has 0 fully saturated rings. The fourth-order valence-electron chi connectivity index (χ4n) is 5.77. The minimum Gasteiger partial charge on any atom is -0.496 e. The molecule has 7 aromatic rings. The normalized spacial score (nSPS) is 11.9. The van der Waals surface area contributed by atoms with Crippen molar-refractivity contribution in [3.8, 4) is 11.5 Å². The SMILES string of the molecule is COc1cccc2c(=O)c3c4[nH]c5ccccc5c4c4c(=O)c5cccc(OC)c5c(=O)c4c3c(=O)c12. The Balaban J connectivity index is 1.99. The van der Waals surface area contributed by atoms with Gasteiger partial charge >= 0.3 is 0 Å². The summed E-state index contributed by atoms with van der Waals surface area (Å²) < 4.78 is 10.8. The van der Waals surface area contributed by atoms with Crippen LogP contribution in [0.5, 0.6) is 11.5 Å². The highest BCUT2D eigenvalue weighted by Gasteiger charge is 2.26. The van der Waals surface area contributed by atoms with E-state index in [9.17, 15) is 19.2 Å². The Morgan fingerprint density at radius 1 is 0.486 bits per heavy atom. The molecule has 7 heteroatoms. The highest BCUT2D eigenvalue weighted by molar-refractivity contribution is 6.33.